The van der Waals surface area contributed by atoms with Crippen molar-refractivity contribution < 1.29 is 14.3 Å². The van der Waals surface area contributed by atoms with Crippen LogP contribution in [-0.2, 0) is 19.6 Å². The molecule has 0 atom stereocenters. The molecule has 0 saturated heterocycles. The number of fused-ring (bicyclic) bond motifs is 2. The molecule has 2 amide bonds. The first-order valence-electron chi connectivity index (χ1n) is 7.49. The van der Waals surface area contributed by atoms with Gasteiger partial charge in [0, 0.05) is 24.8 Å². The zero-order valence-electron chi connectivity index (χ0n) is 12.5. The number of amides is 2. The number of rotatable bonds is 3. The van der Waals surface area contributed by atoms with Crippen molar-refractivity contribution in [3.8, 4) is 11.5 Å². The number of carbonyl (C=O) groups is 1. The number of ether oxygens (including phenoxy) is 2. The lowest BCUT2D eigenvalue weighted by Crippen LogP contribution is -2.29. The van der Waals surface area contributed by atoms with Gasteiger partial charge >= 0.3 is 6.03 Å². The molecule has 0 fully saturated rings. The van der Waals surface area contributed by atoms with Crippen LogP contribution < -0.4 is 25.4 Å². The van der Waals surface area contributed by atoms with Gasteiger partial charge in [0.2, 0.25) is 6.79 Å². The van der Waals surface area contributed by atoms with Crippen LogP contribution in [0.25, 0.3) is 0 Å². The van der Waals surface area contributed by atoms with Gasteiger partial charge in [0.15, 0.2) is 11.5 Å². The van der Waals surface area contributed by atoms with Gasteiger partial charge in [0.05, 0.1) is 24.5 Å². The van der Waals surface area contributed by atoms with Crippen molar-refractivity contribution in [1.82, 2.24) is 20.4 Å². The molecule has 0 bridgehead atoms. The van der Waals surface area contributed by atoms with E-state index in [9.17, 15) is 4.79 Å². The fourth-order valence-corrected chi connectivity index (χ4v) is 2.66. The highest BCUT2D eigenvalue weighted by Gasteiger charge is 2.15. The van der Waals surface area contributed by atoms with Crippen LogP contribution in [0.15, 0.2) is 24.3 Å². The Hall–Kier alpha value is -2.74. The summed E-state index contributed by atoms with van der Waals surface area (Å²) in [5.74, 6) is 1.32. The third-order valence-electron chi connectivity index (χ3n) is 3.78. The maximum Gasteiger partial charge on any atom is 0.319 e. The minimum atomic E-state index is -0.284. The normalized spacial score (nSPS) is 15.1. The Morgan fingerprint density at radius 1 is 1.30 bits per heavy atom. The lowest BCUT2D eigenvalue weighted by molar-refractivity contribution is 0.174. The van der Waals surface area contributed by atoms with Gasteiger partial charge < -0.3 is 25.4 Å². The van der Waals surface area contributed by atoms with Crippen LogP contribution in [0, 0.1) is 0 Å². The highest BCUT2D eigenvalue weighted by molar-refractivity contribution is 5.89. The van der Waals surface area contributed by atoms with Gasteiger partial charge in [0.25, 0.3) is 0 Å². The molecular formula is C15H17N5O3. The largest absolute Gasteiger partial charge is 0.454 e. The Morgan fingerprint density at radius 3 is 3.13 bits per heavy atom. The third-order valence-corrected chi connectivity index (χ3v) is 3.78. The monoisotopic (exact) mass is 315 g/mol. The molecule has 4 rings (SSSR count). The van der Waals surface area contributed by atoms with Crippen LogP contribution in [-0.4, -0.2) is 29.1 Å². The number of urea groups is 1. The number of hydrogen-bond donors (Lipinski definition) is 3. The Morgan fingerprint density at radius 2 is 2.22 bits per heavy atom. The highest BCUT2D eigenvalue weighted by atomic mass is 16.7. The molecular weight excluding hydrogens is 298 g/mol. The zero-order valence-corrected chi connectivity index (χ0v) is 12.5. The average molecular weight is 315 g/mol. The second-order valence-corrected chi connectivity index (χ2v) is 5.40. The van der Waals surface area contributed by atoms with E-state index in [0.29, 0.717) is 23.7 Å². The summed E-state index contributed by atoms with van der Waals surface area (Å²) < 4.78 is 12.5. The van der Waals surface area contributed by atoms with Crippen molar-refractivity contribution in [2.24, 2.45) is 0 Å². The molecule has 2 aliphatic heterocycles. The Kier molecular flexibility index (Phi) is 3.51. The van der Waals surface area contributed by atoms with Gasteiger partial charge in [-0.1, -0.05) is 0 Å². The van der Waals surface area contributed by atoms with Gasteiger partial charge in [-0.15, -0.1) is 0 Å². The molecule has 0 aliphatic carbocycles. The predicted molar refractivity (Wildman–Crippen MR) is 82.4 cm³/mol. The molecule has 8 nitrogen and oxygen atoms in total. The summed E-state index contributed by atoms with van der Waals surface area (Å²) in [5, 5.41) is 13.3. The predicted octanol–water partition coefficient (Wildman–Crippen LogP) is 1.04. The van der Waals surface area contributed by atoms with Crippen LogP contribution in [0.3, 0.4) is 0 Å². The first-order chi connectivity index (χ1) is 11.3. The molecule has 3 heterocycles. The third kappa shape index (κ3) is 2.93. The van der Waals surface area contributed by atoms with E-state index in [1.54, 1.807) is 18.2 Å². The molecule has 23 heavy (non-hydrogen) atoms. The van der Waals surface area contributed by atoms with Gasteiger partial charge in [-0.2, -0.15) is 5.10 Å². The van der Waals surface area contributed by atoms with Gasteiger partial charge in [-0.05, 0) is 18.2 Å². The van der Waals surface area contributed by atoms with Gasteiger partial charge in [0.1, 0.15) is 0 Å². The Balaban J connectivity index is 1.34. The summed E-state index contributed by atoms with van der Waals surface area (Å²) in [4.78, 5) is 12.0. The Labute approximate surface area is 132 Å². The quantitative estimate of drug-likeness (QED) is 0.787. The maximum atomic E-state index is 12.0. The fraction of sp³-hybridized carbons (Fsp3) is 0.333. The summed E-state index contributed by atoms with van der Waals surface area (Å²) in [7, 11) is 0. The summed E-state index contributed by atoms with van der Waals surface area (Å²) >= 11 is 0. The molecule has 0 radical (unpaired) electrons. The number of benzene rings is 1. The summed E-state index contributed by atoms with van der Waals surface area (Å²) in [6.07, 6.45) is 0. The zero-order chi connectivity index (χ0) is 15.6. The van der Waals surface area contributed by atoms with Crippen molar-refractivity contribution in [2.75, 3.05) is 18.7 Å². The number of nitrogens with one attached hydrogen (secondary N) is 3. The summed E-state index contributed by atoms with van der Waals surface area (Å²) in [5.41, 5.74) is 2.65. The Bertz CT molecular complexity index is 719. The van der Waals surface area contributed by atoms with E-state index >= 15 is 0 Å². The van der Waals surface area contributed by atoms with Gasteiger partial charge in [-0.25, -0.2) is 4.79 Å². The molecule has 0 unspecified atom stereocenters. The second-order valence-electron chi connectivity index (χ2n) is 5.40. The standard InChI is InChI=1S/C15H17N5O3/c21-15(18-10-1-2-13-14(6-10)23-9-22-13)17-7-11-5-12-8-16-3-4-20(12)19-11/h1-2,5-6,16H,3-4,7-9H2,(H2,17,18,21). The van der Waals surface area contributed by atoms with E-state index in [4.69, 9.17) is 9.47 Å². The molecule has 2 aliphatic rings. The smallest absolute Gasteiger partial charge is 0.319 e. The average Bonchev–Trinajstić information content (AvgIpc) is 3.18. The fourth-order valence-electron chi connectivity index (χ4n) is 2.66. The number of anilines is 1. The lowest BCUT2D eigenvalue weighted by Gasteiger charge is -2.13. The van der Waals surface area contributed by atoms with Crippen LogP contribution in [0.5, 0.6) is 11.5 Å². The molecule has 1 aromatic heterocycles. The van der Waals surface area contributed by atoms with Crippen LogP contribution in [0.4, 0.5) is 10.5 Å². The maximum absolute atomic E-state index is 12.0. The van der Waals surface area contributed by atoms with Crippen molar-refractivity contribution in [1.29, 1.82) is 0 Å². The molecule has 120 valence electrons. The van der Waals surface area contributed by atoms with Crippen molar-refractivity contribution in [3.63, 3.8) is 0 Å². The molecule has 3 N–H and O–H groups in total. The minimum Gasteiger partial charge on any atom is -0.454 e. The van der Waals surface area contributed by atoms with E-state index < -0.39 is 0 Å². The van der Waals surface area contributed by atoms with Crippen molar-refractivity contribution in [2.45, 2.75) is 19.6 Å². The topological polar surface area (TPSA) is 89.4 Å². The van der Waals surface area contributed by atoms with E-state index in [0.717, 1.165) is 31.0 Å². The van der Waals surface area contributed by atoms with Gasteiger partial charge in [-0.3, -0.25) is 4.68 Å². The number of carbonyl (C=O) groups excluding carboxylic acids is 1. The number of hydrogen-bond acceptors (Lipinski definition) is 5. The molecule has 2 aromatic rings. The minimum absolute atomic E-state index is 0.213. The SMILES string of the molecule is O=C(NCc1cc2n(n1)CCNC2)Nc1ccc2c(c1)OCO2. The van der Waals surface area contributed by atoms with Crippen LogP contribution in [0.2, 0.25) is 0 Å². The first kappa shape index (κ1) is 13.9. The van der Waals surface area contributed by atoms with Crippen LogP contribution >= 0.6 is 0 Å². The second kappa shape index (κ2) is 5.81. The molecule has 8 heteroatoms. The van der Waals surface area contributed by atoms with Crippen molar-refractivity contribution in [3.05, 3.63) is 35.7 Å². The summed E-state index contributed by atoms with van der Waals surface area (Å²) in [6.45, 7) is 3.20. The van der Waals surface area contributed by atoms with E-state index in [1.807, 2.05) is 10.7 Å². The van der Waals surface area contributed by atoms with Crippen molar-refractivity contribution >= 4 is 11.7 Å². The first-order valence-corrected chi connectivity index (χ1v) is 7.49. The summed E-state index contributed by atoms with van der Waals surface area (Å²) in [6, 6.07) is 7.01. The molecule has 1 aromatic carbocycles. The number of nitrogens with zero attached hydrogens (tertiary/aromatic N) is 2. The molecule has 0 saturated carbocycles. The number of aromatic nitrogens is 2. The van der Waals surface area contributed by atoms with Crippen LogP contribution in [0.1, 0.15) is 11.4 Å². The van der Waals surface area contributed by atoms with E-state index in [-0.39, 0.29) is 12.8 Å². The molecule has 0 spiro atoms. The van der Waals surface area contributed by atoms with E-state index in [1.165, 1.54) is 0 Å². The highest BCUT2D eigenvalue weighted by Crippen LogP contribution is 2.34. The lowest BCUT2D eigenvalue weighted by atomic mass is 10.3. The van der Waals surface area contributed by atoms with E-state index in [2.05, 4.69) is 21.0 Å².